The third kappa shape index (κ3) is 2.46. The number of nitrogens with two attached hydrogens (primary N) is 1. The molecule has 1 amide bonds. The molecule has 0 aromatic rings. The van der Waals surface area contributed by atoms with E-state index in [0.29, 0.717) is 5.92 Å². The van der Waals surface area contributed by atoms with E-state index in [0.717, 1.165) is 25.7 Å². The second-order valence-corrected chi connectivity index (χ2v) is 3.08. The summed E-state index contributed by atoms with van der Waals surface area (Å²) in [5.41, 5.74) is 4.89. The van der Waals surface area contributed by atoms with Crippen molar-refractivity contribution in [3.63, 3.8) is 0 Å². The van der Waals surface area contributed by atoms with Crippen LogP contribution in [0.4, 0.5) is 4.79 Å². The lowest BCUT2D eigenvalue weighted by Crippen LogP contribution is -2.26. The highest BCUT2D eigenvalue weighted by molar-refractivity contribution is 5.64. The fourth-order valence-corrected chi connectivity index (χ4v) is 1.51. The van der Waals surface area contributed by atoms with Gasteiger partial charge in [-0.1, -0.05) is 0 Å². The fourth-order valence-electron chi connectivity index (χ4n) is 1.51. The maximum absolute atomic E-state index is 10.4. The van der Waals surface area contributed by atoms with Crippen LogP contribution in [-0.4, -0.2) is 12.2 Å². The van der Waals surface area contributed by atoms with E-state index in [2.05, 4.69) is 5.92 Å². The minimum atomic E-state index is -0.681. The molecular formula is C9H13NO2. The van der Waals surface area contributed by atoms with E-state index in [1.165, 1.54) is 0 Å². The van der Waals surface area contributed by atoms with E-state index in [1.54, 1.807) is 0 Å². The van der Waals surface area contributed by atoms with Gasteiger partial charge >= 0.3 is 6.09 Å². The van der Waals surface area contributed by atoms with Crippen LogP contribution in [0.25, 0.3) is 0 Å². The van der Waals surface area contributed by atoms with Crippen molar-refractivity contribution in [2.45, 2.75) is 31.8 Å². The average molecular weight is 167 g/mol. The maximum atomic E-state index is 10.4. The molecule has 0 radical (unpaired) electrons. The molecule has 66 valence electrons. The summed E-state index contributed by atoms with van der Waals surface area (Å²) in [6.07, 6.45) is 8.15. The molecule has 0 aliphatic heterocycles. The zero-order chi connectivity index (χ0) is 8.97. The molecule has 0 aromatic carbocycles. The molecule has 0 saturated heterocycles. The van der Waals surface area contributed by atoms with Gasteiger partial charge in [0.2, 0.25) is 0 Å². The van der Waals surface area contributed by atoms with E-state index in [1.807, 2.05) is 0 Å². The normalized spacial score (nSPS) is 28.9. The van der Waals surface area contributed by atoms with Crippen LogP contribution in [0.3, 0.4) is 0 Å². The molecule has 0 atom stereocenters. The summed E-state index contributed by atoms with van der Waals surface area (Å²) in [6, 6.07) is 0. The molecule has 1 saturated carbocycles. The Balaban J connectivity index is 2.27. The van der Waals surface area contributed by atoms with E-state index in [9.17, 15) is 4.79 Å². The van der Waals surface area contributed by atoms with Crippen molar-refractivity contribution >= 4 is 6.09 Å². The van der Waals surface area contributed by atoms with Crippen molar-refractivity contribution in [3.05, 3.63) is 0 Å². The molecule has 0 spiro atoms. The lowest BCUT2D eigenvalue weighted by Gasteiger charge is -2.24. The number of terminal acetylenes is 1. The lowest BCUT2D eigenvalue weighted by atomic mass is 9.88. The van der Waals surface area contributed by atoms with Crippen LogP contribution < -0.4 is 5.73 Å². The summed E-state index contributed by atoms with van der Waals surface area (Å²) >= 11 is 0. The second kappa shape index (κ2) is 4.01. The summed E-state index contributed by atoms with van der Waals surface area (Å²) in [5, 5.41) is 0. The smallest absolute Gasteiger partial charge is 0.404 e. The highest BCUT2D eigenvalue weighted by Crippen LogP contribution is 2.25. The third-order valence-electron chi connectivity index (χ3n) is 2.19. The lowest BCUT2D eigenvalue weighted by molar-refractivity contribution is 0.0769. The van der Waals surface area contributed by atoms with E-state index >= 15 is 0 Å². The highest BCUT2D eigenvalue weighted by atomic mass is 16.6. The number of ether oxygens (including phenoxy) is 1. The Kier molecular flexibility index (Phi) is 2.98. The molecule has 0 heterocycles. The molecule has 2 N–H and O–H groups in total. The summed E-state index contributed by atoms with van der Waals surface area (Å²) < 4.78 is 4.85. The summed E-state index contributed by atoms with van der Waals surface area (Å²) in [7, 11) is 0. The zero-order valence-electron chi connectivity index (χ0n) is 6.95. The first kappa shape index (κ1) is 8.92. The van der Waals surface area contributed by atoms with Crippen molar-refractivity contribution in [1.29, 1.82) is 0 Å². The number of amides is 1. The SMILES string of the molecule is C#C[C@H]1CC[C@@H](OC(N)=O)CC1. The summed E-state index contributed by atoms with van der Waals surface area (Å²) in [6.45, 7) is 0. The van der Waals surface area contributed by atoms with Gasteiger partial charge in [0.15, 0.2) is 0 Å². The molecule has 3 heteroatoms. The van der Waals surface area contributed by atoms with Crippen LogP contribution in [0, 0.1) is 18.3 Å². The average Bonchev–Trinajstić information content (AvgIpc) is 2.05. The van der Waals surface area contributed by atoms with Crippen LogP contribution in [-0.2, 0) is 4.74 Å². The first-order valence-corrected chi connectivity index (χ1v) is 4.14. The fraction of sp³-hybridized carbons (Fsp3) is 0.667. The van der Waals surface area contributed by atoms with Crippen molar-refractivity contribution in [2.75, 3.05) is 0 Å². The largest absolute Gasteiger partial charge is 0.446 e. The van der Waals surface area contributed by atoms with Crippen LogP contribution in [0.1, 0.15) is 25.7 Å². The molecule has 1 aliphatic rings. The second-order valence-electron chi connectivity index (χ2n) is 3.08. The van der Waals surface area contributed by atoms with E-state index in [4.69, 9.17) is 16.9 Å². The van der Waals surface area contributed by atoms with Gasteiger partial charge in [0.25, 0.3) is 0 Å². The number of primary amides is 1. The zero-order valence-corrected chi connectivity index (χ0v) is 6.95. The number of hydrogen-bond donors (Lipinski definition) is 1. The summed E-state index contributed by atoms with van der Waals surface area (Å²) in [4.78, 5) is 10.4. The Labute approximate surface area is 72.3 Å². The van der Waals surface area contributed by atoms with Crippen molar-refractivity contribution in [1.82, 2.24) is 0 Å². The van der Waals surface area contributed by atoms with Gasteiger partial charge in [0.1, 0.15) is 6.10 Å². The van der Waals surface area contributed by atoms with Crippen molar-refractivity contribution in [3.8, 4) is 12.3 Å². The molecule has 0 unspecified atom stereocenters. The third-order valence-corrected chi connectivity index (χ3v) is 2.19. The Hall–Kier alpha value is -1.17. The minimum Gasteiger partial charge on any atom is -0.446 e. The molecule has 1 rings (SSSR count). The van der Waals surface area contributed by atoms with E-state index in [-0.39, 0.29) is 6.10 Å². The van der Waals surface area contributed by atoms with E-state index < -0.39 is 6.09 Å². The van der Waals surface area contributed by atoms with Crippen LogP contribution >= 0.6 is 0 Å². The van der Waals surface area contributed by atoms with Crippen LogP contribution in [0.2, 0.25) is 0 Å². The minimum absolute atomic E-state index is 0.00731. The molecule has 12 heavy (non-hydrogen) atoms. The maximum Gasteiger partial charge on any atom is 0.404 e. The quantitative estimate of drug-likeness (QED) is 0.598. The standard InChI is InChI=1S/C9H13NO2/c1-2-7-3-5-8(6-4-7)12-9(10)11/h1,7-8H,3-6H2,(H2,10,11)/t7-,8+. The first-order valence-electron chi connectivity index (χ1n) is 4.14. The number of rotatable bonds is 1. The molecule has 1 fully saturated rings. The topological polar surface area (TPSA) is 52.3 Å². The monoisotopic (exact) mass is 167 g/mol. The van der Waals surface area contributed by atoms with Crippen molar-refractivity contribution in [2.24, 2.45) is 11.7 Å². The van der Waals surface area contributed by atoms with Gasteiger partial charge in [-0.2, -0.15) is 0 Å². The molecule has 0 bridgehead atoms. The number of hydrogen-bond acceptors (Lipinski definition) is 2. The van der Waals surface area contributed by atoms with Crippen molar-refractivity contribution < 1.29 is 9.53 Å². The van der Waals surface area contributed by atoms with Gasteiger partial charge < -0.3 is 10.5 Å². The van der Waals surface area contributed by atoms with Gasteiger partial charge in [-0.3, -0.25) is 0 Å². The molecule has 0 aromatic heterocycles. The summed E-state index contributed by atoms with van der Waals surface area (Å²) in [5.74, 6) is 3.07. The van der Waals surface area contributed by atoms with Gasteiger partial charge in [0, 0.05) is 5.92 Å². The van der Waals surface area contributed by atoms with Crippen LogP contribution in [0.5, 0.6) is 0 Å². The predicted molar refractivity (Wildman–Crippen MR) is 45.2 cm³/mol. The Bertz CT molecular complexity index is 199. The van der Waals surface area contributed by atoms with Crippen LogP contribution in [0.15, 0.2) is 0 Å². The predicted octanol–water partition coefficient (Wildman–Crippen LogP) is 1.27. The Morgan fingerprint density at radius 3 is 2.42 bits per heavy atom. The first-order chi connectivity index (χ1) is 5.72. The molecule has 1 aliphatic carbocycles. The van der Waals surface area contributed by atoms with Gasteiger partial charge in [-0.15, -0.1) is 12.3 Å². The van der Waals surface area contributed by atoms with Gasteiger partial charge in [-0.25, -0.2) is 4.79 Å². The molecule has 3 nitrogen and oxygen atoms in total. The highest BCUT2D eigenvalue weighted by Gasteiger charge is 2.21. The van der Waals surface area contributed by atoms with Gasteiger partial charge in [-0.05, 0) is 25.7 Å². The Morgan fingerprint density at radius 2 is 2.00 bits per heavy atom. The number of carbonyl (C=O) groups is 1. The molecular weight excluding hydrogens is 154 g/mol. The number of carbonyl (C=O) groups excluding carboxylic acids is 1. The Morgan fingerprint density at radius 1 is 1.42 bits per heavy atom. The van der Waals surface area contributed by atoms with Gasteiger partial charge in [0.05, 0.1) is 0 Å².